The van der Waals surface area contributed by atoms with Gasteiger partial charge in [0.05, 0.1) is 0 Å². The Hall–Kier alpha value is -2.19. The number of rotatable bonds is 12. The van der Waals surface area contributed by atoms with Gasteiger partial charge in [0.25, 0.3) is 0 Å². The standard InChI is InChI=1S/C22H37N5O3/c1-3-23-22(25-12-6-14-30-18-19-9-15-29-16-10-19)26-17-21(28)27(2)13-8-20-7-4-5-11-24-20/h4-5,7,11,19H,3,6,8-10,12-18H2,1-2H3,(H2,23,25,26). The Morgan fingerprint density at radius 1 is 1.33 bits per heavy atom. The molecule has 0 aliphatic carbocycles. The second kappa shape index (κ2) is 14.7. The summed E-state index contributed by atoms with van der Waals surface area (Å²) in [5.74, 6) is 1.28. The summed E-state index contributed by atoms with van der Waals surface area (Å²) >= 11 is 0. The van der Waals surface area contributed by atoms with Crippen molar-refractivity contribution in [2.24, 2.45) is 10.9 Å². The van der Waals surface area contributed by atoms with Crippen LogP contribution in [0.3, 0.4) is 0 Å². The van der Waals surface area contributed by atoms with Gasteiger partial charge >= 0.3 is 0 Å². The Labute approximate surface area is 180 Å². The van der Waals surface area contributed by atoms with Crippen LogP contribution in [0.2, 0.25) is 0 Å². The lowest BCUT2D eigenvalue weighted by Crippen LogP contribution is -2.39. The minimum atomic E-state index is -0.0112. The Morgan fingerprint density at radius 3 is 2.90 bits per heavy atom. The summed E-state index contributed by atoms with van der Waals surface area (Å²) in [6.07, 6.45) is 5.59. The molecule has 0 atom stereocenters. The van der Waals surface area contributed by atoms with E-state index in [4.69, 9.17) is 9.47 Å². The zero-order chi connectivity index (χ0) is 21.4. The molecule has 0 unspecified atom stereocenters. The van der Waals surface area contributed by atoms with Crippen molar-refractivity contribution in [1.82, 2.24) is 20.5 Å². The van der Waals surface area contributed by atoms with Gasteiger partial charge in [-0.25, -0.2) is 4.99 Å². The molecule has 8 nitrogen and oxygen atoms in total. The maximum absolute atomic E-state index is 12.4. The van der Waals surface area contributed by atoms with Crippen LogP contribution in [0.15, 0.2) is 29.4 Å². The van der Waals surface area contributed by atoms with Crippen molar-refractivity contribution < 1.29 is 14.3 Å². The molecule has 30 heavy (non-hydrogen) atoms. The number of pyridine rings is 1. The van der Waals surface area contributed by atoms with Crippen LogP contribution >= 0.6 is 0 Å². The summed E-state index contributed by atoms with van der Waals surface area (Å²) in [6.45, 7) is 7.50. The number of carbonyl (C=O) groups excluding carboxylic acids is 1. The minimum absolute atomic E-state index is 0.0112. The summed E-state index contributed by atoms with van der Waals surface area (Å²) in [5.41, 5.74) is 0.981. The zero-order valence-electron chi connectivity index (χ0n) is 18.4. The Bertz CT molecular complexity index is 620. The first kappa shape index (κ1) is 24.1. The Morgan fingerprint density at radius 2 is 2.17 bits per heavy atom. The van der Waals surface area contributed by atoms with E-state index in [2.05, 4.69) is 20.6 Å². The molecule has 1 fully saturated rings. The lowest BCUT2D eigenvalue weighted by Gasteiger charge is -2.21. The van der Waals surface area contributed by atoms with E-state index >= 15 is 0 Å². The molecule has 1 aromatic rings. The molecule has 8 heteroatoms. The van der Waals surface area contributed by atoms with Gasteiger partial charge in [0.2, 0.25) is 5.91 Å². The molecule has 2 heterocycles. The monoisotopic (exact) mass is 419 g/mol. The second-order valence-electron chi connectivity index (χ2n) is 7.49. The van der Waals surface area contributed by atoms with E-state index in [9.17, 15) is 4.79 Å². The van der Waals surface area contributed by atoms with Gasteiger partial charge in [-0.3, -0.25) is 9.78 Å². The lowest BCUT2D eigenvalue weighted by molar-refractivity contribution is -0.128. The molecule has 1 amide bonds. The molecule has 2 N–H and O–H groups in total. The van der Waals surface area contributed by atoms with Crippen LogP contribution in [0, 0.1) is 5.92 Å². The fourth-order valence-electron chi connectivity index (χ4n) is 3.11. The van der Waals surface area contributed by atoms with Gasteiger partial charge in [-0.15, -0.1) is 0 Å². The van der Waals surface area contributed by atoms with Gasteiger partial charge in [-0.05, 0) is 44.2 Å². The Kier molecular flexibility index (Phi) is 11.8. The quantitative estimate of drug-likeness (QED) is 0.303. The number of carbonyl (C=O) groups is 1. The highest BCUT2D eigenvalue weighted by Crippen LogP contribution is 2.14. The Balaban J connectivity index is 1.61. The van der Waals surface area contributed by atoms with E-state index in [1.54, 1.807) is 18.1 Å². The van der Waals surface area contributed by atoms with Crippen molar-refractivity contribution in [3.63, 3.8) is 0 Å². The van der Waals surface area contributed by atoms with E-state index in [0.29, 0.717) is 18.4 Å². The SMILES string of the molecule is CCNC(=NCC(=O)N(C)CCc1ccccn1)NCCCOCC1CCOCC1. The van der Waals surface area contributed by atoms with Crippen molar-refractivity contribution in [1.29, 1.82) is 0 Å². The summed E-state index contributed by atoms with van der Waals surface area (Å²) in [7, 11) is 1.80. The number of nitrogens with zero attached hydrogens (tertiary/aromatic N) is 3. The average molecular weight is 420 g/mol. The molecular formula is C22H37N5O3. The summed E-state index contributed by atoms with van der Waals surface area (Å²) in [4.78, 5) is 22.8. The highest BCUT2D eigenvalue weighted by Gasteiger charge is 2.13. The molecule has 0 aromatic carbocycles. The number of nitrogens with one attached hydrogen (secondary N) is 2. The van der Waals surface area contributed by atoms with Gasteiger partial charge in [0, 0.05) is 71.4 Å². The van der Waals surface area contributed by atoms with Crippen molar-refractivity contribution in [3.8, 4) is 0 Å². The number of ether oxygens (including phenoxy) is 2. The third-order valence-electron chi connectivity index (χ3n) is 5.02. The fraction of sp³-hybridized carbons (Fsp3) is 0.682. The largest absolute Gasteiger partial charge is 0.381 e. The molecule has 2 rings (SSSR count). The molecule has 1 saturated heterocycles. The number of amides is 1. The number of aliphatic imine (C=N–C) groups is 1. The first-order valence-electron chi connectivity index (χ1n) is 11.0. The summed E-state index contributed by atoms with van der Waals surface area (Å²) in [5, 5.41) is 6.45. The second-order valence-corrected chi connectivity index (χ2v) is 7.49. The van der Waals surface area contributed by atoms with Crippen LogP contribution in [-0.2, 0) is 20.7 Å². The predicted octanol–water partition coefficient (Wildman–Crippen LogP) is 1.47. The average Bonchev–Trinajstić information content (AvgIpc) is 2.79. The van der Waals surface area contributed by atoms with Crippen LogP contribution in [-0.4, -0.2) is 81.4 Å². The van der Waals surface area contributed by atoms with Crippen LogP contribution in [0.1, 0.15) is 31.9 Å². The molecule has 0 bridgehead atoms. The third kappa shape index (κ3) is 10.0. The topological polar surface area (TPSA) is 88.1 Å². The lowest BCUT2D eigenvalue weighted by atomic mass is 10.0. The van der Waals surface area contributed by atoms with Gasteiger partial charge < -0.3 is 25.0 Å². The van der Waals surface area contributed by atoms with Crippen LogP contribution < -0.4 is 10.6 Å². The molecular weight excluding hydrogens is 382 g/mol. The first-order chi connectivity index (χ1) is 14.7. The van der Waals surface area contributed by atoms with E-state index in [-0.39, 0.29) is 12.5 Å². The van der Waals surface area contributed by atoms with E-state index < -0.39 is 0 Å². The van der Waals surface area contributed by atoms with Crippen LogP contribution in [0.25, 0.3) is 0 Å². The molecule has 1 aliphatic heterocycles. The van der Waals surface area contributed by atoms with Crippen molar-refractivity contribution in [3.05, 3.63) is 30.1 Å². The van der Waals surface area contributed by atoms with Gasteiger partial charge in [0.1, 0.15) is 6.54 Å². The molecule has 168 valence electrons. The fourth-order valence-corrected chi connectivity index (χ4v) is 3.11. The number of likely N-dealkylation sites (N-methyl/N-ethyl adjacent to an activating group) is 1. The zero-order valence-corrected chi connectivity index (χ0v) is 18.4. The van der Waals surface area contributed by atoms with Crippen molar-refractivity contribution in [2.45, 2.75) is 32.6 Å². The third-order valence-corrected chi connectivity index (χ3v) is 5.02. The number of hydrogen-bond acceptors (Lipinski definition) is 5. The van der Waals surface area contributed by atoms with Gasteiger partial charge in [0.15, 0.2) is 5.96 Å². The van der Waals surface area contributed by atoms with E-state index in [1.807, 2.05) is 25.1 Å². The maximum Gasteiger partial charge on any atom is 0.244 e. The van der Waals surface area contributed by atoms with Gasteiger partial charge in [-0.2, -0.15) is 0 Å². The highest BCUT2D eigenvalue weighted by molar-refractivity contribution is 5.84. The maximum atomic E-state index is 12.4. The summed E-state index contributed by atoms with van der Waals surface area (Å²) < 4.78 is 11.2. The first-order valence-corrected chi connectivity index (χ1v) is 11.0. The molecule has 1 aromatic heterocycles. The number of aromatic nitrogens is 1. The normalized spacial score (nSPS) is 15.1. The van der Waals surface area contributed by atoms with Crippen LogP contribution in [0.5, 0.6) is 0 Å². The van der Waals surface area contributed by atoms with Crippen molar-refractivity contribution in [2.75, 3.05) is 59.7 Å². The predicted molar refractivity (Wildman–Crippen MR) is 119 cm³/mol. The van der Waals surface area contributed by atoms with Crippen molar-refractivity contribution >= 4 is 11.9 Å². The minimum Gasteiger partial charge on any atom is -0.381 e. The van der Waals surface area contributed by atoms with E-state index in [0.717, 1.165) is 70.9 Å². The molecule has 0 saturated carbocycles. The molecule has 1 aliphatic rings. The number of hydrogen-bond donors (Lipinski definition) is 2. The highest BCUT2D eigenvalue weighted by atomic mass is 16.5. The van der Waals surface area contributed by atoms with E-state index in [1.165, 1.54) is 0 Å². The summed E-state index contributed by atoms with van der Waals surface area (Å²) in [6, 6.07) is 5.82. The molecule has 0 radical (unpaired) electrons. The van der Waals surface area contributed by atoms with Gasteiger partial charge in [-0.1, -0.05) is 6.07 Å². The smallest absolute Gasteiger partial charge is 0.244 e. The molecule has 0 spiro atoms. The van der Waals surface area contributed by atoms with Crippen LogP contribution in [0.4, 0.5) is 0 Å². The number of guanidine groups is 1.